The van der Waals surface area contributed by atoms with Gasteiger partial charge in [-0.2, -0.15) is 8.42 Å². The maximum Gasteiger partial charge on any atom is 0.327 e. The van der Waals surface area contributed by atoms with Crippen molar-refractivity contribution in [3.8, 4) is 0 Å². The summed E-state index contributed by atoms with van der Waals surface area (Å²) in [7, 11) is -4.72. The third-order valence-electron chi connectivity index (χ3n) is 3.58. The first-order valence-electron chi connectivity index (χ1n) is 9.74. The Kier molecular flexibility index (Phi) is 33.0. The quantitative estimate of drug-likeness (QED) is 0.137. The van der Waals surface area contributed by atoms with Crippen molar-refractivity contribution in [2.45, 2.75) is 76.9 Å². The van der Waals surface area contributed by atoms with E-state index in [2.05, 4.69) is 6.92 Å². The molecule has 0 fully saturated rings. The fraction of sp³-hybridized carbons (Fsp3) is 0.889. The molecule has 0 saturated heterocycles. The Bertz CT molecular complexity index is 500. The number of ether oxygens (including phenoxy) is 2. The van der Waals surface area contributed by atoms with Crippen LogP contribution in [0, 0.1) is 0 Å². The van der Waals surface area contributed by atoms with Crippen LogP contribution < -0.4 is 0 Å². The molecule has 170 valence electrons. The summed E-state index contributed by atoms with van der Waals surface area (Å²) >= 11 is 0. The maximum atomic E-state index is 11.8. The van der Waals surface area contributed by atoms with Crippen LogP contribution in [0.15, 0.2) is 0 Å². The minimum absolute atomic E-state index is 0. The van der Waals surface area contributed by atoms with E-state index in [4.69, 9.17) is 24.2 Å². The van der Waals surface area contributed by atoms with Gasteiger partial charge in [0.05, 0.1) is 32.8 Å². The third kappa shape index (κ3) is 25.0. The summed E-state index contributed by atoms with van der Waals surface area (Å²) in [6, 6.07) is 0. The van der Waals surface area contributed by atoms with Crippen LogP contribution in [0.1, 0.15) is 71.6 Å². The fourth-order valence-corrected chi connectivity index (χ4v) is 2.69. The zero-order valence-electron chi connectivity index (χ0n) is 19.0. The van der Waals surface area contributed by atoms with Gasteiger partial charge >= 0.3 is 11.9 Å². The number of hydrogen-bond acceptors (Lipinski definition) is 8. The molecule has 0 aliphatic rings. The van der Waals surface area contributed by atoms with E-state index in [1.807, 2.05) is 6.92 Å². The van der Waals surface area contributed by atoms with Gasteiger partial charge in [0, 0.05) is 59.1 Å². The van der Waals surface area contributed by atoms with Crippen molar-refractivity contribution in [3.05, 3.63) is 0 Å². The van der Waals surface area contributed by atoms with Gasteiger partial charge in [-0.1, -0.05) is 52.4 Å². The van der Waals surface area contributed by atoms with Gasteiger partial charge < -0.3 is 19.7 Å². The Morgan fingerprint density at radius 3 is 1.60 bits per heavy atom. The molecule has 0 bridgehead atoms. The first-order valence-corrected chi connectivity index (χ1v) is 11.2. The van der Waals surface area contributed by atoms with E-state index in [-0.39, 0.29) is 85.5 Å². The van der Waals surface area contributed by atoms with Gasteiger partial charge in [0.2, 0.25) is 0 Å². The molecule has 0 aromatic carbocycles. The molecule has 12 heteroatoms. The molecule has 0 spiro atoms. The van der Waals surface area contributed by atoms with E-state index in [9.17, 15) is 18.0 Å². The normalized spacial score (nSPS) is 11.1. The largest absolute Gasteiger partial charge is 0.466 e. The van der Waals surface area contributed by atoms with Crippen LogP contribution in [0.5, 0.6) is 0 Å². The summed E-state index contributed by atoms with van der Waals surface area (Å²) in [6.45, 7) is 4.07. The predicted molar refractivity (Wildman–Crippen MR) is 116 cm³/mol. The Labute approximate surface area is 225 Å². The van der Waals surface area contributed by atoms with Crippen molar-refractivity contribution < 1.29 is 42.2 Å². The van der Waals surface area contributed by atoms with Gasteiger partial charge in [0.25, 0.3) is 10.1 Å². The molecule has 0 amide bonds. The summed E-state index contributed by atoms with van der Waals surface area (Å²) in [5.41, 5.74) is 0. The van der Waals surface area contributed by atoms with Gasteiger partial charge in [-0.15, -0.1) is 0 Å². The maximum absolute atomic E-state index is 11.8. The van der Waals surface area contributed by atoms with Crippen molar-refractivity contribution in [1.82, 2.24) is 0 Å². The molecule has 0 aromatic heterocycles. The predicted octanol–water partition coefficient (Wildman–Crippen LogP) is 1.09. The monoisotopic (exact) mass is 474 g/mol. The molecule has 1 atom stereocenters. The number of aliphatic hydroxyl groups is 2. The number of esters is 2. The van der Waals surface area contributed by atoms with Crippen molar-refractivity contribution >= 4 is 81.2 Å². The Morgan fingerprint density at radius 2 is 1.23 bits per heavy atom. The Morgan fingerprint density at radius 1 is 0.800 bits per heavy atom. The number of unbranched alkanes of at least 4 members (excludes halogenated alkanes) is 6. The minimum Gasteiger partial charge on any atom is -0.466 e. The average molecular weight is 475 g/mol. The summed E-state index contributed by atoms with van der Waals surface area (Å²) in [6.07, 6.45) is 6.40. The number of aliphatic hydroxyl groups excluding tert-OH is 2. The summed E-state index contributed by atoms with van der Waals surface area (Å²) in [5, 5.41) is 13.3. The van der Waals surface area contributed by atoms with Crippen LogP contribution in [0.3, 0.4) is 0 Å². The van der Waals surface area contributed by atoms with E-state index in [0.29, 0.717) is 12.8 Å². The summed E-state index contributed by atoms with van der Waals surface area (Å²) in [4.78, 5) is 23.5. The van der Waals surface area contributed by atoms with Crippen LogP contribution in [0.4, 0.5) is 0 Å². The second kappa shape index (κ2) is 26.0. The van der Waals surface area contributed by atoms with Crippen molar-refractivity contribution in [2.75, 3.05) is 26.4 Å². The summed E-state index contributed by atoms with van der Waals surface area (Å²) in [5.74, 6) is -1.95. The van der Waals surface area contributed by atoms with E-state index in [1.54, 1.807) is 0 Å². The van der Waals surface area contributed by atoms with Gasteiger partial charge in [-0.3, -0.25) is 14.1 Å². The first-order chi connectivity index (χ1) is 13.2. The second-order valence-electron chi connectivity index (χ2n) is 6.16. The van der Waals surface area contributed by atoms with Crippen molar-refractivity contribution in [2.24, 2.45) is 0 Å². The third-order valence-corrected chi connectivity index (χ3v) is 4.66. The molecule has 30 heavy (non-hydrogen) atoms. The van der Waals surface area contributed by atoms with Crippen molar-refractivity contribution in [1.29, 1.82) is 0 Å². The smallest absolute Gasteiger partial charge is 0.327 e. The topological polar surface area (TPSA) is 147 Å². The molecule has 3 N–H and O–H groups in total. The van der Waals surface area contributed by atoms with E-state index < -0.39 is 33.7 Å². The molecular formula is C18H36Na2O9S. The minimum atomic E-state index is -4.72. The van der Waals surface area contributed by atoms with E-state index >= 15 is 0 Å². The molecule has 2 radical (unpaired) electrons. The van der Waals surface area contributed by atoms with Gasteiger partial charge in [-0.25, -0.2) is 0 Å². The average Bonchev–Trinajstić information content (AvgIpc) is 2.65. The number of carbonyl (C=O) groups is 2. The van der Waals surface area contributed by atoms with Gasteiger partial charge in [0.15, 0.2) is 5.25 Å². The molecule has 0 heterocycles. The second-order valence-corrected chi connectivity index (χ2v) is 7.76. The summed E-state index contributed by atoms with van der Waals surface area (Å²) < 4.78 is 41.5. The van der Waals surface area contributed by atoms with Crippen molar-refractivity contribution in [3.63, 3.8) is 0 Å². The van der Waals surface area contributed by atoms with Crippen LogP contribution in [-0.2, 0) is 29.2 Å². The van der Waals surface area contributed by atoms with Crippen LogP contribution in [0.2, 0.25) is 0 Å². The van der Waals surface area contributed by atoms with Crippen LogP contribution in [-0.4, -0.2) is 126 Å². The van der Waals surface area contributed by atoms with E-state index in [0.717, 1.165) is 38.5 Å². The Hall–Kier alpha value is 0.770. The Balaban J connectivity index is -0.000000513. The van der Waals surface area contributed by atoms with Gasteiger partial charge in [-0.05, 0) is 12.8 Å². The molecule has 0 aliphatic carbocycles. The molecule has 0 aromatic rings. The zero-order chi connectivity index (χ0) is 21.8. The fourth-order valence-electron chi connectivity index (χ4n) is 2.03. The zero-order valence-corrected chi connectivity index (χ0v) is 23.8. The number of rotatable bonds is 15. The molecular weight excluding hydrogens is 438 g/mol. The van der Waals surface area contributed by atoms with E-state index in [1.165, 1.54) is 0 Å². The standard InChI is InChI=1S/C16H30O7S.C2H6O2.2Na/c1-3-5-7-9-11-22-15(17)13-14(24(19,20)21)16(18)23-12-10-8-6-4-2;3-1-2-4;;/h14H,3-13H2,1-2H3,(H,19,20,21);3-4H,1-2H2;;. The molecule has 1 unspecified atom stereocenters. The molecule has 9 nitrogen and oxygen atoms in total. The van der Waals surface area contributed by atoms with Gasteiger partial charge in [0.1, 0.15) is 0 Å². The molecule has 0 saturated carbocycles. The van der Waals surface area contributed by atoms with Crippen LogP contribution in [0.25, 0.3) is 0 Å². The number of hydrogen-bond donors (Lipinski definition) is 3. The van der Waals surface area contributed by atoms with Crippen LogP contribution >= 0.6 is 0 Å². The SMILES string of the molecule is CCCCCCOC(=O)CC(C(=O)OCCCCCC)S(=O)(=O)O.OCCO.[Na].[Na]. The molecule has 0 aliphatic heterocycles. The first kappa shape index (κ1) is 38.1. The number of carbonyl (C=O) groups excluding carboxylic acids is 2. The molecule has 0 rings (SSSR count).